The minimum atomic E-state index is 0.583. The van der Waals surface area contributed by atoms with Crippen LogP contribution in [0, 0.1) is 0 Å². The molecule has 3 rings (SSSR count). The van der Waals surface area contributed by atoms with Gasteiger partial charge in [0.1, 0.15) is 5.82 Å². The van der Waals surface area contributed by atoms with Gasteiger partial charge in [-0.3, -0.25) is 0 Å². The average Bonchev–Trinajstić information content (AvgIpc) is 2.81. The maximum absolute atomic E-state index is 6.04. The number of hydrogen-bond donors (Lipinski definition) is 1. The largest absolute Gasteiger partial charge is 0.384 e. The van der Waals surface area contributed by atoms with Crippen LogP contribution in [-0.4, -0.2) is 9.78 Å². The highest BCUT2D eigenvalue weighted by Gasteiger charge is 2.08. The first kappa shape index (κ1) is 14.0. The van der Waals surface area contributed by atoms with Gasteiger partial charge in [-0.2, -0.15) is 5.10 Å². The summed E-state index contributed by atoms with van der Waals surface area (Å²) >= 11 is 11.9. The summed E-state index contributed by atoms with van der Waals surface area (Å²) in [4.78, 5) is 0. The van der Waals surface area contributed by atoms with Gasteiger partial charge in [0.2, 0.25) is 0 Å². The van der Waals surface area contributed by atoms with Crippen molar-refractivity contribution in [3.8, 4) is 11.3 Å². The fraction of sp³-hybridized carbons (Fsp3) is 0.0625. The van der Waals surface area contributed by atoms with E-state index >= 15 is 0 Å². The van der Waals surface area contributed by atoms with Gasteiger partial charge in [0.05, 0.1) is 12.2 Å². The number of anilines is 1. The van der Waals surface area contributed by atoms with E-state index in [1.807, 2.05) is 54.6 Å². The van der Waals surface area contributed by atoms with Crippen molar-refractivity contribution in [2.24, 2.45) is 0 Å². The Kier molecular flexibility index (Phi) is 3.86. The van der Waals surface area contributed by atoms with Crippen LogP contribution in [0.5, 0.6) is 0 Å². The van der Waals surface area contributed by atoms with E-state index in [1.54, 1.807) is 4.68 Å². The summed E-state index contributed by atoms with van der Waals surface area (Å²) in [7, 11) is 0. The molecule has 3 nitrogen and oxygen atoms in total. The lowest BCUT2D eigenvalue weighted by Crippen LogP contribution is -2.05. The normalized spacial score (nSPS) is 10.8. The molecule has 0 bridgehead atoms. The molecular formula is C16H13Cl2N3. The van der Waals surface area contributed by atoms with E-state index in [-0.39, 0.29) is 0 Å². The number of aromatic nitrogens is 2. The first-order valence-electron chi connectivity index (χ1n) is 6.45. The zero-order chi connectivity index (χ0) is 14.8. The van der Waals surface area contributed by atoms with Crippen molar-refractivity contribution >= 4 is 29.0 Å². The van der Waals surface area contributed by atoms with Crippen LogP contribution in [-0.2, 0) is 6.54 Å². The fourth-order valence-electron chi connectivity index (χ4n) is 2.13. The third kappa shape index (κ3) is 3.20. The molecule has 2 N–H and O–H groups in total. The van der Waals surface area contributed by atoms with E-state index in [0.29, 0.717) is 22.4 Å². The Balaban J connectivity index is 1.89. The Morgan fingerprint density at radius 3 is 2.43 bits per heavy atom. The highest BCUT2D eigenvalue weighted by molar-refractivity contribution is 6.30. The van der Waals surface area contributed by atoms with Gasteiger partial charge >= 0.3 is 0 Å². The average molecular weight is 318 g/mol. The monoisotopic (exact) mass is 317 g/mol. The molecule has 0 spiro atoms. The molecular weight excluding hydrogens is 305 g/mol. The summed E-state index contributed by atoms with van der Waals surface area (Å²) in [6.07, 6.45) is 0. The summed E-state index contributed by atoms with van der Waals surface area (Å²) in [5, 5.41) is 5.94. The Morgan fingerprint density at radius 2 is 1.71 bits per heavy atom. The second-order valence-electron chi connectivity index (χ2n) is 4.75. The number of nitrogen functional groups attached to an aromatic ring is 1. The van der Waals surface area contributed by atoms with Gasteiger partial charge in [-0.05, 0) is 29.8 Å². The Morgan fingerprint density at radius 1 is 0.952 bits per heavy atom. The van der Waals surface area contributed by atoms with E-state index in [9.17, 15) is 0 Å². The van der Waals surface area contributed by atoms with Gasteiger partial charge in [0.25, 0.3) is 0 Å². The molecule has 0 saturated heterocycles. The first-order chi connectivity index (χ1) is 10.1. The second kappa shape index (κ2) is 5.80. The quantitative estimate of drug-likeness (QED) is 0.773. The van der Waals surface area contributed by atoms with Crippen molar-refractivity contribution in [3.05, 3.63) is 70.2 Å². The standard InChI is InChI=1S/C16H13Cl2N3/c17-13-6-4-12(5-7-13)15-9-16(19)21(20-15)10-11-2-1-3-14(18)8-11/h1-9H,10,19H2. The van der Waals surface area contributed by atoms with Gasteiger partial charge in [0, 0.05) is 21.7 Å². The molecule has 106 valence electrons. The Bertz CT molecular complexity index is 763. The lowest BCUT2D eigenvalue weighted by Gasteiger charge is -2.04. The molecule has 21 heavy (non-hydrogen) atoms. The fourth-order valence-corrected chi connectivity index (χ4v) is 2.47. The van der Waals surface area contributed by atoms with Gasteiger partial charge in [-0.15, -0.1) is 0 Å². The molecule has 0 radical (unpaired) electrons. The van der Waals surface area contributed by atoms with E-state index in [4.69, 9.17) is 28.9 Å². The van der Waals surface area contributed by atoms with Crippen LogP contribution in [0.25, 0.3) is 11.3 Å². The van der Waals surface area contributed by atoms with E-state index in [0.717, 1.165) is 16.8 Å². The van der Waals surface area contributed by atoms with Crippen molar-refractivity contribution in [2.45, 2.75) is 6.54 Å². The Hall–Kier alpha value is -1.97. The summed E-state index contributed by atoms with van der Waals surface area (Å²) in [6.45, 7) is 0.583. The van der Waals surface area contributed by atoms with Crippen molar-refractivity contribution in [2.75, 3.05) is 5.73 Å². The van der Waals surface area contributed by atoms with E-state index in [2.05, 4.69) is 5.10 Å². The lowest BCUT2D eigenvalue weighted by molar-refractivity contribution is 0.700. The number of nitrogens with zero attached hydrogens (tertiary/aromatic N) is 2. The molecule has 0 aliphatic carbocycles. The molecule has 0 amide bonds. The van der Waals surface area contributed by atoms with Crippen LogP contribution < -0.4 is 5.73 Å². The smallest absolute Gasteiger partial charge is 0.122 e. The highest BCUT2D eigenvalue weighted by Crippen LogP contribution is 2.23. The summed E-state index contributed by atoms with van der Waals surface area (Å²) in [6, 6.07) is 17.0. The molecule has 3 aromatic rings. The maximum atomic E-state index is 6.04. The molecule has 0 aliphatic rings. The van der Waals surface area contributed by atoms with Crippen molar-refractivity contribution in [1.29, 1.82) is 0 Å². The van der Waals surface area contributed by atoms with Crippen LogP contribution >= 0.6 is 23.2 Å². The van der Waals surface area contributed by atoms with E-state index in [1.165, 1.54) is 0 Å². The molecule has 1 aromatic heterocycles. The summed E-state index contributed by atoms with van der Waals surface area (Å²) in [5.41, 5.74) is 8.90. The minimum Gasteiger partial charge on any atom is -0.384 e. The number of rotatable bonds is 3. The van der Waals surface area contributed by atoms with Crippen LogP contribution in [0.15, 0.2) is 54.6 Å². The van der Waals surface area contributed by atoms with E-state index < -0.39 is 0 Å². The predicted molar refractivity (Wildman–Crippen MR) is 87.6 cm³/mol. The number of hydrogen-bond acceptors (Lipinski definition) is 2. The van der Waals surface area contributed by atoms with Gasteiger partial charge in [-0.25, -0.2) is 4.68 Å². The van der Waals surface area contributed by atoms with Crippen LogP contribution in [0.2, 0.25) is 10.0 Å². The van der Waals surface area contributed by atoms with Gasteiger partial charge in [0.15, 0.2) is 0 Å². The molecule has 0 atom stereocenters. The van der Waals surface area contributed by atoms with Gasteiger partial charge in [-0.1, -0.05) is 47.5 Å². The SMILES string of the molecule is Nc1cc(-c2ccc(Cl)cc2)nn1Cc1cccc(Cl)c1. The number of halogens is 2. The highest BCUT2D eigenvalue weighted by atomic mass is 35.5. The van der Waals surface area contributed by atoms with Crippen molar-refractivity contribution in [1.82, 2.24) is 9.78 Å². The topological polar surface area (TPSA) is 43.8 Å². The minimum absolute atomic E-state index is 0.583. The molecule has 0 unspecified atom stereocenters. The zero-order valence-corrected chi connectivity index (χ0v) is 12.6. The molecule has 0 saturated carbocycles. The summed E-state index contributed by atoms with van der Waals surface area (Å²) in [5.74, 6) is 0.611. The Labute approximate surface area is 132 Å². The predicted octanol–water partition coefficient (Wildman–Crippen LogP) is 4.49. The van der Waals surface area contributed by atoms with Crippen molar-refractivity contribution in [3.63, 3.8) is 0 Å². The molecule has 0 aliphatic heterocycles. The zero-order valence-electron chi connectivity index (χ0n) is 11.1. The molecule has 0 fully saturated rings. The molecule has 5 heteroatoms. The lowest BCUT2D eigenvalue weighted by atomic mass is 10.1. The molecule has 2 aromatic carbocycles. The third-order valence-electron chi connectivity index (χ3n) is 3.17. The van der Waals surface area contributed by atoms with Crippen LogP contribution in [0.4, 0.5) is 5.82 Å². The maximum Gasteiger partial charge on any atom is 0.122 e. The first-order valence-corrected chi connectivity index (χ1v) is 7.21. The molecule has 1 heterocycles. The van der Waals surface area contributed by atoms with Crippen LogP contribution in [0.1, 0.15) is 5.56 Å². The van der Waals surface area contributed by atoms with Crippen molar-refractivity contribution < 1.29 is 0 Å². The van der Waals surface area contributed by atoms with Gasteiger partial charge < -0.3 is 5.73 Å². The summed E-state index contributed by atoms with van der Waals surface area (Å²) < 4.78 is 1.76. The van der Waals surface area contributed by atoms with Crippen LogP contribution in [0.3, 0.4) is 0 Å². The number of nitrogens with two attached hydrogens (primary N) is 1. The third-order valence-corrected chi connectivity index (χ3v) is 3.66. The second-order valence-corrected chi connectivity index (χ2v) is 5.62. The number of benzene rings is 2.